The second-order valence-electron chi connectivity index (χ2n) is 2.81. The molecule has 0 heterocycles. The third-order valence-electron chi connectivity index (χ3n) is 1.90. The van der Waals surface area contributed by atoms with E-state index in [1.165, 1.54) is 13.2 Å². The summed E-state index contributed by atoms with van der Waals surface area (Å²) in [5.41, 5.74) is 7.81. The molecule has 0 amide bonds. The van der Waals surface area contributed by atoms with Gasteiger partial charge >= 0.3 is 5.69 Å². The van der Waals surface area contributed by atoms with Crippen LogP contribution in [0.5, 0.6) is 0 Å². The summed E-state index contributed by atoms with van der Waals surface area (Å²) in [5, 5.41) is 0. The second kappa shape index (κ2) is 3.79. The average Bonchev–Trinajstić information content (AvgIpc) is 2.20. The van der Waals surface area contributed by atoms with E-state index in [1.54, 1.807) is 13.0 Å². The largest absolute Gasteiger partial charge is 0.397 e. The minimum atomic E-state index is 0.340. The highest BCUT2D eigenvalue weighted by atomic mass is 16.8. The van der Waals surface area contributed by atoms with Crippen molar-refractivity contribution in [3.63, 3.8) is 0 Å². The Morgan fingerprint density at radius 1 is 1.57 bits per heavy atom. The highest BCUT2D eigenvalue weighted by molar-refractivity contribution is 5.63. The summed E-state index contributed by atoms with van der Waals surface area (Å²) in [6.07, 6.45) is 5.24. The van der Waals surface area contributed by atoms with Crippen LogP contribution < -0.4 is 5.73 Å². The predicted molar refractivity (Wildman–Crippen MR) is 53.8 cm³/mol. The van der Waals surface area contributed by atoms with Crippen LogP contribution in [0, 0.1) is 24.2 Å². The van der Waals surface area contributed by atoms with Crippen molar-refractivity contribution < 1.29 is 9.76 Å². The van der Waals surface area contributed by atoms with Gasteiger partial charge in [0.2, 0.25) is 0 Å². The normalized spacial score (nSPS) is 9.21. The quantitative estimate of drug-likeness (QED) is 0.438. The van der Waals surface area contributed by atoms with Gasteiger partial charge in [0.1, 0.15) is 0 Å². The third-order valence-corrected chi connectivity index (χ3v) is 1.90. The molecule has 0 fully saturated rings. The van der Waals surface area contributed by atoms with Crippen LogP contribution >= 0.6 is 0 Å². The van der Waals surface area contributed by atoms with E-state index >= 15 is 0 Å². The van der Waals surface area contributed by atoms with E-state index in [9.17, 15) is 4.91 Å². The lowest BCUT2D eigenvalue weighted by Crippen LogP contribution is -2.01. The Kier molecular flexibility index (Phi) is 2.73. The van der Waals surface area contributed by atoms with Gasteiger partial charge in [0.15, 0.2) is 7.11 Å². The summed E-state index contributed by atoms with van der Waals surface area (Å²) < 4.78 is 0. The summed E-state index contributed by atoms with van der Waals surface area (Å²) in [6, 6.07) is 3.13. The highest BCUT2D eigenvalue weighted by Gasteiger charge is 2.17. The maximum atomic E-state index is 11.1. The van der Waals surface area contributed by atoms with Crippen molar-refractivity contribution in [1.29, 1.82) is 0 Å². The lowest BCUT2D eigenvalue weighted by Gasteiger charge is -2.01. The number of hydrogen-bond donors (Lipinski definition) is 1. The van der Waals surface area contributed by atoms with Gasteiger partial charge in [-0.05, 0) is 12.5 Å². The number of hydrogen-bond acceptors (Lipinski definition) is 3. The van der Waals surface area contributed by atoms with Gasteiger partial charge in [-0.2, -0.15) is 0 Å². The van der Waals surface area contributed by atoms with Crippen LogP contribution in [-0.4, -0.2) is 12.0 Å². The molecule has 2 N–H and O–H groups in total. The van der Waals surface area contributed by atoms with Gasteiger partial charge < -0.3 is 5.73 Å². The fraction of sp³-hybridized carbons (Fsp3) is 0.200. The molecule has 0 aliphatic rings. The molecular weight excluding hydrogens is 180 g/mol. The molecule has 0 saturated heterocycles. The van der Waals surface area contributed by atoms with Crippen LogP contribution in [0.3, 0.4) is 0 Å². The molecule has 72 valence electrons. The van der Waals surface area contributed by atoms with Gasteiger partial charge in [0.25, 0.3) is 4.92 Å². The van der Waals surface area contributed by atoms with Crippen molar-refractivity contribution >= 4 is 11.4 Å². The van der Waals surface area contributed by atoms with Gasteiger partial charge in [-0.3, -0.25) is 0 Å². The Balaban J connectivity index is 3.32. The van der Waals surface area contributed by atoms with E-state index in [4.69, 9.17) is 12.2 Å². The van der Waals surface area contributed by atoms with E-state index < -0.39 is 0 Å². The Bertz CT molecular complexity index is 419. The van der Waals surface area contributed by atoms with Crippen LogP contribution in [0.15, 0.2) is 12.1 Å². The Hall–Kier alpha value is -2.02. The Morgan fingerprint density at radius 2 is 2.21 bits per heavy atom. The van der Waals surface area contributed by atoms with Gasteiger partial charge in [0, 0.05) is 12.1 Å². The molecule has 0 aliphatic heterocycles. The first-order valence-corrected chi connectivity index (χ1v) is 3.98. The number of nitrogens with zero attached hydrogens (tertiary/aromatic N) is 1. The fourth-order valence-corrected chi connectivity index (χ4v) is 1.11. The van der Waals surface area contributed by atoms with Crippen molar-refractivity contribution in [1.82, 2.24) is 0 Å². The van der Waals surface area contributed by atoms with Crippen LogP contribution in [0.4, 0.5) is 11.4 Å². The molecule has 0 aromatic heterocycles. The minimum absolute atomic E-state index is 0.340. The Morgan fingerprint density at radius 3 is 2.71 bits per heavy atom. The van der Waals surface area contributed by atoms with Gasteiger partial charge in [0.05, 0.1) is 16.2 Å². The molecule has 1 aromatic rings. The van der Waals surface area contributed by atoms with E-state index in [-0.39, 0.29) is 0 Å². The van der Waals surface area contributed by atoms with Crippen LogP contribution in [0.2, 0.25) is 0 Å². The molecule has 1 aromatic carbocycles. The smallest absolute Gasteiger partial charge is 0.318 e. The number of nitrogens with two attached hydrogens (primary N) is 1. The summed E-state index contributed by atoms with van der Waals surface area (Å²) in [7, 11) is 1.29. The lowest BCUT2D eigenvalue weighted by molar-refractivity contribution is -0.736. The Labute approximate surface area is 82.2 Å². The number of nitrogen functional groups attached to an aromatic ring is 1. The summed E-state index contributed by atoms with van der Waals surface area (Å²) >= 11 is 0. The van der Waals surface area contributed by atoms with E-state index in [0.717, 1.165) is 5.56 Å². The average molecular weight is 191 g/mol. The number of benzene rings is 1. The monoisotopic (exact) mass is 191 g/mol. The van der Waals surface area contributed by atoms with Crippen molar-refractivity contribution in [3.05, 3.63) is 28.2 Å². The number of aryl methyl sites for hydroxylation is 1. The molecular formula is C10H11N2O2+. The fourth-order valence-electron chi connectivity index (χ4n) is 1.11. The molecule has 4 heteroatoms. The molecule has 14 heavy (non-hydrogen) atoms. The minimum Gasteiger partial charge on any atom is -0.397 e. The zero-order valence-electron chi connectivity index (χ0n) is 8.07. The van der Waals surface area contributed by atoms with Gasteiger partial charge in [-0.25, -0.2) is 4.84 Å². The number of terminal acetylenes is 1. The SMILES string of the molecule is C#Cc1cc([N+](=O)OC)cc(C)c1N. The summed E-state index contributed by atoms with van der Waals surface area (Å²) in [5.74, 6) is 2.41. The molecule has 0 radical (unpaired) electrons. The zero-order valence-corrected chi connectivity index (χ0v) is 8.07. The first kappa shape index (κ1) is 10.1. The van der Waals surface area contributed by atoms with Gasteiger partial charge in [-0.15, -0.1) is 6.42 Å². The molecule has 0 aliphatic carbocycles. The number of rotatable bonds is 2. The first-order valence-electron chi connectivity index (χ1n) is 3.98. The van der Waals surface area contributed by atoms with Gasteiger partial charge in [-0.1, -0.05) is 5.92 Å². The molecule has 1 rings (SSSR count). The van der Waals surface area contributed by atoms with Crippen molar-refractivity contribution in [2.45, 2.75) is 6.92 Å². The van der Waals surface area contributed by atoms with Crippen molar-refractivity contribution in [2.75, 3.05) is 12.8 Å². The molecule has 0 unspecified atom stereocenters. The predicted octanol–water partition coefficient (Wildman–Crippen LogP) is 1.53. The summed E-state index contributed by atoms with van der Waals surface area (Å²) in [4.78, 5) is 16.0. The molecule has 0 spiro atoms. The summed E-state index contributed by atoms with van der Waals surface area (Å²) in [6.45, 7) is 1.78. The van der Waals surface area contributed by atoms with Crippen LogP contribution in [-0.2, 0) is 4.84 Å². The first-order chi connectivity index (χ1) is 6.60. The standard InChI is InChI=1S/C10H11N2O2/c1-4-8-6-9(12(13)14-3)5-7(2)10(8)11/h1,5-6H,11H2,2-3H3/q+1. The molecule has 0 saturated carbocycles. The molecule has 0 bridgehead atoms. The second-order valence-corrected chi connectivity index (χ2v) is 2.81. The van der Waals surface area contributed by atoms with Crippen molar-refractivity contribution in [2.24, 2.45) is 0 Å². The highest BCUT2D eigenvalue weighted by Crippen LogP contribution is 2.23. The van der Waals surface area contributed by atoms with E-state index in [2.05, 4.69) is 10.8 Å². The molecule has 4 nitrogen and oxygen atoms in total. The lowest BCUT2D eigenvalue weighted by atomic mass is 10.1. The van der Waals surface area contributed by atoms with E-state index in [1.807, 2.05) is 0 Å². The maximum Gasteiger partial charge on any atom is 0.318 e. The maximum absolute atomic E-state index is 11.1. The molecule has 0 atom stereocenters. The topological polar surface area (TPSA) is 55.3 Å². The van der Waals surface area contributed by atoms with Crippen LogP contribution in [0.1, 0.15) is 11.1 Å². The van der Waals surface area contributed by atoms with Crippen LogP contribution in [0.25, 0.3) is 0 Å². The van der Waals surface area contributed by atoms with Crippen molar-refractivity contribution in [3.8, 4) is 12.3 Å². The third kappa shape index (κ3) is 1.67. The van der Waals surface area contributed by atoms with E-state index in [0.29, 0.717) is 21.9 Å². The number of anilines is 1. The zero-order chi connectivity index (χ0) is 10.7.